The van der Waals surface area contributed by atoms with Crippen LogP contribution in [0.2, 0.25) is 0 Å². The smallest absolute Gasteiger partial charge is 0.192 e. The molecule has 0 saturated heterocycles. The Hall–Kier alpha value is -1.78. The van der Waals surface area contributed by atoms with E-state index in [9.17, 15) is 9.59 Å². The van der Waals surface area contributed by atoms with E-state index >= 15 is 0 Å². The molecule has 0 unspecified atom stereocenters. The number of carbonyl (C=O) groups is 2. The van der Waals surface area contributed by atoms with E-state index in [-0.39, 0.29) is 11.6 Å². The molecule has 3 aromatic rings. The SMILES string of the molecule is O=C1c2cc3ccccc3cc2C(=O)C1(Br)c1cccc(Br)c1. The molecular formula is C19H10Br2O2. The summed E-state index contributed by atoms with van der Waals surface area (Å²) in [6.07, 6.45) is 0. The van der Waals surface area contributed by atoms with Crippen LogP contribution in [0.4, 0.5) is 0 Å². The second-order valence-corrected chi connectivity index (χ2v) is 7.68. The molecule has 1 aliphatic rings. The maximum atomic E-state index is 13.0. The molecule has 112 valence electrons. The number of Topliss-reactive ketones (excluding diaryl/α,β-unsaturated/α-hetero) is 2. The van der Waals surface area contributed by atoms with E-state index in [4.69, 9.17) is 0 Å². The summed E-state index contributed by atoms with van der Waals surface area (Å²) in [5, 5.41) is 1.91. The Kier molecular flexibility index (Phi) is 3.29. The minimum Gasteiger partial charge on any atom is -0.292 e. The monoisotopic (exact) mass is 428 g/mol. The summed E-state index contributed by atoms with van der Waals surface area (Å²) in [4.78, 5) is 26.0. The maximum Gasteiger partial charge on any atom is 0.192 e. The van der Waals surface area contributed by atoms with Crippen LogP contribution in [0, 0.1) is 0 Å². The third-order valence-corrected chi connectivity index (χ3v) is 5.89. The number of fused-ring (bicyclic) bond motifs is 2. The van der Waals surface area contributed by atoms with Crippen molar-refractivity contribution in [2.24, 2.45) is 0 Å². The number of ketones is 2. The summed E-state index contributed by atoms with van der Waals surface area (Å²) in [6, 6.07) is 18.6. The second-order valence-electron chi connectivity index (χ2n) is 5.57. The van der Waals surface area contributed by atoms with Gasteiger partial charge in [-0.25, -0.2) is 0 Å². The molecule has 0 N–H and O–H groups in total. The van der Waals surface area contributed by atoms with Crippen LogP contribution >= 0.6 is 31.9 Å². The molecule has 0 atom stereocenters. The topological polar surface area (TPSA) is 34.1 Å². The molecule has 0 saturated carbocycles. The second kappa shape index (κ2) is 5.11. The Labute approximate surface area is 149 Å². The lowest BCUT2D eigenvalue weighted by Crippen LogP contribution is -2.31. The van der Waals surface area contributed by atoms with Crippen molar-refractivity contribution in [2.75, 3.05) is 0 Å². The molecular weight excluding hydrogens is 420 g/mol. The number of halogens is 2. The zero-order valence-electron chi connectivity index (χ0n) is 11.8. The van der Waals surface area contributed by atoms with E-state index in [1.807, 2.05) is 48.5 Å². The van der Waals surface area contributed by atoms with Gasteiger partial charge in [-0.3, -0.25) is 9.59 Å². The number of hydrogen-bond acceptors (Lipinski definition) is 2. The van der Waals surface area contributed by atoms with Gasteiger partial charge in [-0.1, -0.05) is 68.3 Å². The minimum atomic E-state index is -1.34. The van der Waals surface area contributed by atoms with Crippen LogP contribution < -0.4 is 0 Å². The Morgan fingerprint density at radius 2 is 1.30 bits per heavy atom. The molecule has 0 fully saturated rings. The first-order valence-electron chi connectivity index (χ1n) is 7.09. The van der Waals surface area contributed by atoms with Crippen LogP contribution in [-0.4, -0.2) is 11.6 Å². The van der Waals surface area contributed by atoms with E-state index < -0.39 is 4.32 Å². The summed E-state index contributed by atoms with van der Waals surface area (Å²) in [7, 11) is 0. The number of carbonyl (C=O) groups excluding carboxylic acids is 2. The first-order chi connectivity index (χ1) is 11.0. The molecule has 0 heterocycles. The number of rotatable bonds is 1. The molecule has 4 heteroatoms. The van der Waals surface area contributed by atoms with Crippen molar-refractivity contribution in [3.8, 4) is 0 Å². The van der Waals surface area contributed by atoms with Gasteiger partial charge in [0, 0.05) is 15.6 Å². The molecule has 23 heavy (non-hydrogen) atoms. The van der Waals surface area contributed by atoms with Crippen LogP contribution in [0.5, 0.6) is 0 Å². The Balaban J connectivity index is 1.97. The van der Waals surface area contributed by atoms with Crippen molar-refractivity contribution in [1.29, 1.82) is 0 Å². The highest BCUT2D eigenvalue weighted by atomic mass is 79.9. The van der Waals surface area contributed by atoms with E-state index in [0.29, 0.717) is 16.7 Å². The summed E-state index contributed by atoms with van der Waals surface area (Å²) in [5.74, 6) is -0.414. The number of benzene rings is 3. The van der Waals surface area contributed by atoms with Crippen molar-refractivity contribution in [3.05, 3.63) is 81.8 Å². The largest absolute Gasteiger partial charge is 0.292 e. The zero-order chi connectivity index (χ0) is 16.2. The highest BCUT2D eigenvalue weighted by Gasteiger charge is 2.52. The average molecular weight is 430 g/mol. The lowest BCUT2D eigenvalue weighted by Gasteiger charge is -2.18. The van der Waals surface area contributed by atoms with Gasteiger partial charge in [0.25, 0.3) is 0 Å². The average Bonchev–Trinajstić information content (AvgIpc) is 2.75. The van der Waals surface area contributed by atoms with Gasteiger partial charge < -0.3 is 0 Å². The molecule has 0 aliphatic heterocycles. The van der Waals surface area contributed by atoms with Crippen LogP contribution in [0.1, 0.15) is 26.3 Å². The molecule has 4 rings (SSSR count). The fraction of sp³-hybridized carbons (Fsp3) is 0.0526. The van der Waals surface area contributed by atoms with E-state index in [1.54, 1.807) is 12.1 Å². The molecule has 2 nitrogen and oxygen atoms in total. The molecule has 3 aromatic carbocycles. The summed E-state index contributed by atoms with van der Waals surface area (Å²) in [6.45, 7) is 0. The van der Waals surface area contributed by atoms with Crippen molar-refractivity contribution >= 4 is 54.2 Å². The van der Waals surface area contributed by atoms with Crippen molar-refractivity contribution < 1.29 is 9.59 Å². The van der Waals surface area contributed by atoms with E-state index in [2.05, 4.69) is 31.9 Å². The standard InChI is InChI=1S/C19H10Br2O2/c20-14-7-3-6-13(10-14)19(21)17(22)15-8-11-4-1-2-5-12(11)9-16(15)18(19)23/h1-10H. The first kappa shape index (κ1) is 14.8. The van der Waals surface area contributed by atoms with Gasteiger partial charge in [0.1, 0.15) is 0 Å². The zero-order valence-corrected chi connectivity index (χ0v) is 15.0. The van der Waals surface area contributed by atoms with Gasteiger partial charge in [0.2, 0.25) is 0 Å². The van der Waals surface area contributed by atoms with Gasteiger partial charge in [-0.05, 0) is 40.6 Å². The summed E-state index contributed by atoms with van der Waals surface area (Å²) in [5.41, 5.74) is 1.60. The lowest BCUT2D eigenvalue weighted by molar-refractivity contribution is 0.0871. The minimum absolute atomic E-state index is 0.207. The Bertz CT molecular complexity index is 937. The van der Waals surface area contributed by atoms with Gasteiger partial charge >= 0.3 is 0 Å². The summed E-state index contributed by atoms with van der Waals surface area (Å²) >= 11 is 6.85. The molecule has 0 aromatic heterocycles. The molecule has 0 radical (unpaired) electrons. The third kappa shape index (κ3) is 2.05. The number of hydrogen-bond donors (Lipinski definition) is 0. The normalized spacial score (nSPS) is 15.9. The summed E-state index contributed by atoms with van der Waals surface area (Å²) < 4.78 is -0.508. The van der Waals surface area contributed by atoms with Gasteiger partial charge in [0.15, 0.2) is 15.9 Å². The molecule has 0 amide bonds. The predicted octanol–water partition coefficient (Wildman–Crippen LogP) is 5.27. The van der Waals surface area contributed by atoms with Gasteiger partial charge in [0.05, 0.1) is 0 Å². The fourth-order valence-electron chi connectivity index (χ4n) is 3.06. The van der Waals surface area contributed by atoms with Crippen LogP contribution in [0.25, 0.3) is 10.8 Å². The van der Waals surface area contributed by atoms with Gasteiger partial charge in [-0.15, -0.1) is 0 Å². The predicted molar refractivity (Wildman–Crippen MR) is 97.4 cm³/mol. The fourth-order valence-corrected chi connectivity index (χ4v) is 4.13. The third-order valence-electron chi connectivity index (χ3n) is 4.22. The molecule has 0 spiro atoms. The van der Waals surface area contributed by atoms with Crippen LogP contribution in [0.15, 0.2) is 65.1 Å². The van der Waals surface area contributed by atoms with Crippen molar-refractivity contribution in [2.45, 2.75) is 4.32 Å². The Morgan fingerprint density at radius 3 is 1.83 bits per heavy atom. The molecule has 0 bridgehead atoms. The maximum absolute atomic E-state index is 13.0. The van der Waals surface area contributed by atoms with Crippen molar-refractivity contribution in [3.63, 3.8) is 0 Å². The lowest BCUT2D eigenvalue weighted by atomic mass is 9.94. The van der Waals surface area contributed by atoms with E-state index in [1.165, 1.54) is 0 Å². The highest BCUT2D eigenvalue weighted by molar-refractivity contribution is 9.10. The number of alkyl halides is 1. The van der Waals surface area contributed by atoms with Crippen LogP contribution in [0.3, 0.4) is 0 Å². The van der Waals surface area contributed by atoms with Crippen molar-refractivity contribution in [1.82, 2.24) is 0 Å². The quantitative estimate of drug-likeness (QED) is 0.390. The van der Waals surface area contributed by atoms with Gasteiger partial charge in [-0.2, -0.15) is 0 Å². The first-order valence-corrected chi connectivity index (χ1v) is 8.68. The van der Waals surface area contributed by atoms with E-state index in [0.717, 1.165) is 15.2 Å². The van der Waals surface area contributed by atoms with Crippen LogP contribution in [-0.2, 0) is 4.32 Å². The Morgan fingerprint density at radius 1 is 0.739 bits per heavy atom. The highest BCUT2D eigenvalue weighted by Crippen LogP contribution is 2.45. The molecule has 1 aliphatic carbocycles.